The van der Waals surface area contributed by atoms with Crippen LogP contribution in [0, 0.1) is 5.82 Å². The lowest BCUT2D eigenvalue weighted by Crippen LogP contribution is -2.18. The van der Waals surface area contributed by atoms with Crippen LogP contribution in [0.5, 0.6) is 0 Å². The topological polar surface area (TPSA) is 72.0 Å². The zero-order chi connectivity index (χ0) is 17.3. The molecule has 24 heavy (non-hydrogen) atoms. The summed E-state index contributed by atoms with van der Waals surface area (Å²) in [5.74, 6) is -1.32. The number of para-hydroxylation sites is 1. The maximum atomic E-state index is 13.8. The van der Waals surface area contributed by atoms with E-state index in [0.29, 0.717) is 15.4 Å². The molecule has 122 valence electrons. The molecule has 0 fully saturated rings. The van der Waals surface area contributed by atoms with E-state index in [2.05, 4.69) is 25.9 Å². The Bertz CT molecular complexity index is 987. The molecule has 0 aliphatic heterocycles. The molecule has 0 amide bonds. The fourth-order valence-electron chi connectivity index (χ4n) is 2.23. The first kappa shape index (κ1) is 16.3. The number of ether oxygens (including phenoxy) is 1. The first-order valence-corrected chi connectivity index (χ1v) is 7.90. The van der Waals surface area contributed by atoms with Crippen molar-refractivity contribution in [3.8, 4) is 0 Å². The standard InChI is InChI=1S/C17H12BrFN2O3/c1-9(24-17(23)11-7-6-10(18)8-13(11)19)15-20-14-5-3-2-4-12(14)16(22)21-15/h2-9H,1H3,(H,20,21,22)/t9-/m1/s1. The number of aromatic nitrogens is 2. The van der Waals surface area contributed by atoms with Crippen LogP contribution in [0.15, 0.2) is 51.7 Å². The van der Waals surface area contributed by atoms with Gasteiger partial charge in [0, 0.05) is 4.47 Å². The summed E-state index contributed by atoms with van der Waals surface area (Å²) in [7, 11) is 0. The van der Waals surface area contributed by atoms with Gasteiger partial charge in [0.25, 0.3) is 5.56 Å². The Hall–Kier alpha value is -2.54. The molecule has 7 heteroatoms. The van der Waals surface area contributed by atoms with Gasteiger partial charge in [-0.05, 0) is 37.3 Å². The number of rotatable bonds is 3. The third kappa shape index (κ3) is 3.21. The summed E-state index contributed by atoms with van der Waals surface area (Å²) in [6, 6.07) is 10.9. The minimum absolute atomic E-state index is 0.187. The summed E-state index contributed by atoms with van der Waals surface area (Å²) in [5, 5.41) is 0.443. The predicted molar refractivity (Wildman–Crippen MR) is 90.3 cm³/mol. The molecule has 0 unspecified atom stereocenters. The summed E-state index contributed by atoms with van der Waals surface area (Å²) in [4.78, 5) is 31.0. The minimum Gasteiger partial charge on any atom is -0.451 e. The average molecular weight is 391 g/mol. The highest BCUT2D eigenvalue weighted by atomic mass is 79.9. The number of H-pyrrole nitrogens is 1. The van der Waals surface area contributed by atoms with Gasteiger partial charge in [0.1, 0.15) is 5.82 Å². The van der Waals surface area contributed by atoms with Crippen molar-refractivity contribution in [2.24, 2.45) is 0 Å². The summed E-state index contributed by atoms with van der Waals surface area (Å²) in [5.41, 5.74) is -0.0181. The summed E-state index contributed by atoms with van der Waals surface area (Å²) < 4.78 is 19.6. The Labute approximate surface area is 144 Å². The van der Waals surface area contributed by atoms with E-state index < -0.39 is 17.9 Å². The van der Waals surface area contributed by atoms with Gasteiger partial charge in [-0.2, -0.15) is 0 Å². The number of benzene rings is 2. The van der Waals surface area contributed by atoms with Gasteiger partial charge in [-0.15, -0.1) is 0 Å². The Balaban J connectivity index is 1.88. The smallest absolute Gasteiger partial charge is 0.341 e. The lowest BCUT2D eigenvalue weighted by atomic mass is 10.2. The quantitative estimate of drug-likeness (QED) is 0.691. The highest BCUT2D eigenvalue weighted by Gasteiger charge is 2.19. The van der Waals surface area contributed by atoms with Crippen LogP contribution in [0.4, 0.5) is 4.39 Å². The lowest BCUT2D eigenvalue weighted by molar-refractivity contribution is 0.0314. The second kappa shape index (κ2) is 6.52. The third-order valence-electron chi connectivity index (χ3n) is 3.45. The van der Waals surface area contributed by atoms with Gasteiger partial charge in [-0.1, -0.05) is 28.1 Å². The van der Waals surface area contributed by atoms with E-state index in [1.165, 1.54) is 12.1 Å². The number of nitrogens with one attached hydrogen (secondary N) is 1. The Morgan fingerprint density at radius 2 is 2.04 bits per heavy atom. The van der Waals surface area contributed by atoms with E-state index in [4.69, 9.17) is 4.74 Å². The molecule has 0 radical (unpaired) electrons. The van der Waals surface area contributed by atoms with Crippen molar-refractivity contribution in [3.63, 3.8) is 0 Å². The largest absolute Gasteiger partial charge is 0.451 e. The first-order chi connectivity index (χ1) is 11.5. The number of carbonyl (C=O) groups excluding carboxylic acids is 1. The molecule has 5 nitrogen and oxygen atoms in total. The number of hydrogen-bond acceptors (Lipinski definition) is 4. The average Bonchev–Trinajstić information content (AvgIpc) is 2.54. The predicted octanol–water partition coefficient (Wildman–Crippen LogP) is 3.74. The second-order valence-corrected chi connectivity index (χ2v) is 6.06. The zero-order valence-electron chi connectivity index (χ0n) is 12.5. The Kier molecular flexibility index (Phi) is 4.44. The van der Waals surface area contributed by atoms with Crippen LogP contribution in [-0.4, -0.2) is 15.9 Å². The van der Waals surface area contributed by atoms with Crippen molar-refractivity contribution in [1.29, 1.82) is 0 Å². The summed E-state index contributed by atoms with van der Waals surface area (Å²) >= 11 is 3.12. The monoisotopic (exact) mass is 390 g/mol. The number of aromatic amines is 1. The molecular weight excluding hydrogens is 379 g/mol. The molecule has 1 heterocycles. The van der Waals surface area contributed by atoms with Gasteiger partial charge in [-0.25, -0.2) is 14.2 Å². The highest BCUT2D eigenvalue weighted by Crippen LogP contribution is 2.20. The van der Waals surface area contributed by atoms with Crippen LogP contribution < -0.4 is 5.56 Å². The molecule has 3 rings (SSSR count). The third-order valence-corrected chi connectivity index (χ3v) is 3.94. The number of esters is 1. The van der Waals surface area contributed by atoms with Crippen LogP contribution in [0.2, 0.25) is 0 Å². The number of halogens is 2. The molecule has 0 aliphatic carbocycles. The van der Waals surface area contributed by atoms with E-state index >= 15 is 0 Å². The number of hydrogen-bond donors (Lipinski definition) is 1. The van der Waals surface area contributed by atoms with E-state index in [0.717, 1.165) is 0 Å². The molecule has 3 aromatic rings. The molecule has 0 bridgehead atoms. The molecule has 0 saturated heterocycles. The maximum Gasteiger partial charge on any atom is 0.341 e. The SMILES string of the molecule is C[C@@H](OC(=O)c1ccc(Br)cc1F)c1nc2ccccc2c(=O)[nH]1. The second-order valence-electron chi connectivity index (χ2n) is 5.14. The molecule has 1 atom stereocenters. The maximum absolute atomic E-state index is 13.8. The molecule has 0 saturated carbocycles. The molecule has 1 aromatic heterocycles. The zero-order valence-corrected chi connectivity index (χ0v) is 14.1. The van der Waals surface area contributed by atoms with Crippen LogP contribution in [-0.2, 0) is 4.74 Å². The number of fused-ring (bicyclic) bond motifs is 1. The van der Waals surface area contributed by atoms with Gasteiger partial charge in [0.05, 0.1) is 16.5 Å². The Morgan fingerprint density at radius 1 is 1.29 bits per heavy atom. The molecule has 1 N–H and O–H groups in total. The molecule has 2 aromatic carbocycles. The van der Waals surface area contributed by atoms with Gasteiger partial charge in [0.15, 0.2) is 11.9 Å². The van der Waals surface area contributed by atoms with Gasteiger partial charge >= 0.3 is 5.97 Å². The van der Waals surface area contributed by atoms with Crippen LogP contribution in [0.1, 0.15) is 29.2 Å². The number of carbonyl (C=O) groups is 1. The van der Waals surface area contributed by atoms with Gasteiger partial charge < -0.3 is 9.72 Å². The van der Waals surface area contributed by atoms with Crippen LogP contribution >= 0.6 is 15.9 Å². The van der Waals surface area contributed by atoms with Crippen molar-refractivity contribution in [1.82, 2.24) is 9.97 Å². The lowest BCUT2D eigenvalue weighted by Gasteiger charge is -2.13. The summed E-state index contributed by atoms with van der Waals surface area (Å²) in [6.45, 7) is 1.56. The van der Waals surface area contributed by atoms with Gasteiger partial charge in [-0.3, -0.25) is 4.79 Å². The van der Waals surface area contributed by atoms with Crippen molar-refractivity contribution in [3.05, 3.63) is 74.5 Å². The van der Waals surface area contributed by atoms with Crippen molar-refractivity contribution < 1.29 is 13.9 Å². The Morgan fingerprint density at radius 3 is 2.79 bits per heavy atom. The van der Waals surface area contributed by atoms with E-state index in [-0.39, 0.29) is 16.9 Å². The van der Waals surface area contributed by atoms with E-state index in [1.54, 1.807) is 37.3 Å². The van der Waals surface area contributed by atoms with Crippen molar-refractivity contribution >= 4 is 32.8 Å². The minimum atomic E-state index is -0.835. The van der Waals surface area contributed by atoms with Gasteiger partial charge in [0.2, 0.25) is 0 Å². The summed E-state index contributed by atoms with van der Waals surface area (Å²) in [6.07, 6.45) is -0.835. The van der Waals surface area contributed by atoms with Crippen LogP contribution in [0.25, 0.3) is 10.9 Å². The molecule has 0 spiro atoms. The normalized spacial score (nSPS) is 12.1. The van der Waals surface area contributed by atoms with E-state index in [9.17, 15) is 14.0 Å². The molecular formula is C17H12BrFN2O3. The van der Waals surface area contributed by atoms with Crippen molar-refractivity contribution in [2.45, 2.75) is 13.0 Å². The van der Waals surface area contributed by atoms with E-state index in [1.807, 2.05) is 0 Å². The molecule has 0 aliphatic rings. The van der Waals surface area contributed by atoms with Crippen molar-refractivity contribution in [2.75, 3.05) is 0 Å². The highest BCUT2D eigenvalue weighted by molar-refractivity contribution is 9.10. The first-order valence-electron chi connectivity index (χ1n) is 7.10. The number of nitrogens with zero attached hydrogens (tertiary/aromatic N) is 1. The fourth-order valence-corrected chi connectivity index (χ4v) is 2.57. The van der Waals surface area contributed by atoms with Crippen LogP contribution in [0.3, 0.4) is 0 Å². The fraction of sp³-hybridized carbons (Fsp3) is 0.118.